The second-order valence-electron chi connectivity index (χ2n) is 6.38. The number of ether oxygens (including phenoxy) is 1. The first-order valence-electron chi connectivity index (χ1n) is 8.37. The van der Waals surface area contributed by atoms with E-state index in [1.165, 1.54) is 6.20 Å². The van der Waals surface area contributed by atoms with Gasteiger partial charge >= 0.3 is 0 Å². The normalized spacial score (nSPS) is 19.5. The molecular formula is C18H17N5O2. The first-order chi connectivity index (χ1) is 12.2. The predicted octanol–water partition coefficient (Wildman–Crippen LogP) is 1.91. The van der Waals surface area contributed by atoms with Gasteiger partial charge in [0.15, 0.2) is 0 Å². The van der Waals surface area contributed by atoms with Gasteiger partial charge in [-0.15, -0.1) is 0 Å². The van der Waals surface area contributed by atoms with E-state index in [4.69, 9.17) is 10.00 Å². The first kappa shape index (κ1) is 15.5. The van der Waals surface area contributed by atoms with Crippen LogP contribution in [-0.2, 0) is 0 Å². The molecule has 1 saturated carbocycles. The molecule has 3 heterocycles. The largest absolute Gasteiger partial charge is 0.472 e. The van der Waals surface area contributed by atoms with Gasteiger partial charge in [0.1, 0.15) is 18.0 Å². The van der Waals surface area contributed by atoms with Gasteiger partial charge in [0.05, 0.1) is 17.7 Å². The van der Waals surface area contributed by atoms with Crippen molar-refractivity contribution in [2.45, 2.75) is 31.3 Å². The standard InChI is InChI=1S/C18H17N5O2/c19-7-12-1-4-16(20-8-12)25-15-5-6-23(11-15)18(24)14-9-21-17(22-10-14)13-2-3-13/h1,4,8-10,13,15H,2-3,5-6,11H2/t15-/m0/s1. The van der Waals surface area contributed by atoms with Crippen LogP contribution in [0.4, 0.5) is 0 Å². The lowest BCUT2D eigenvalue weighted by Crippen LogP contribution is -2.31. The van der Waals surface area contributed by atoms with E-state index in [0.717, 1.165) is 25.1 Å². The smallest absolute Gasteiger partial charge is 0.257 e. The monoisotopic (exact) mass is 335 g/mol. The number of pyridine rings is 1. The van der Waals surface area contributed by atoms with Gasteiger partial charge in [-0.1, -0.05) is 0 Å². The van der Waals surface area contributed by atoms with Gasteiger partial charge in [-0.05, 0) is 18.9 Å². The van der Waals surface area contributed by atoms with Crippen molar-refractivity contribution in [1.82, 2.24) is 19.9 Å². The van der Waals surface area contributed by atoms with Crippen LogP contribution in [0.3, 0.4) is 0 Å². The number of nitrogens with zero attached hydrogens (tertiary/aromatic N) is 5. The number of amides is 1. The molecule has 0 N–H and O–H groups in total. The number of nitriles is 1. The molecule has 1 aliphatic carbocycles. The fraction of sp³-hybridized carbons (Fsp3) is 0.389. The number of hydrogen-bond donors (Lipinski definition) is 0. The molecule has 1 saturated heterocycles. The van der Waals surface area contributed by atoms with Gasteiger partial charge in [-0.2, -0.15) is 5.26 Å². The van der Waals surface area contributed by atoms with Gasteiger partial charge in [0.25, 0.3) is 5.91 Å². The number of likely N-dealkylation sites (tertiary alicyclic amines) is 1. The maximum absolute atomic E-state index is 12.6. The zero-order valence-corrected chi connectivity index (χ0v) is 13.6. The van der Waals surface area contributed by atoms with Crippen LogP contribution in [0.1, 0.15) is 46.9 Å². The second kappa shape index (κ2) is 6.48. The average molecular weight is 335 g/mol. The first-order valence-corrected chi connectivity index (χ1v) is 8.37. The van der Waals surface area contributed by atoms with E-state index in [1.807, 2.05) is 6.07 Å². The third-order valence-corrected chi connectivity index (χ3v) is 4.45. The summed E-state index contributed by atoms with van der Waals surface area (Å²) >= 11 is 0. The second-order valence-corrected chi connectivity index (χ2v) is 6.38. The summed E-state index contributed by atoms with van der Waals surface area (Å²) in [5, 5.41) is 8.78. The van der Waals surface area contributed by atoms with E-state index in [0.29, 0.717) is 36.0 Å². The van der Waals surface area contributed by atoms with Crippen LogP contribution < -0.4 is 4.74 Å². The van der Waals surface area contributed by atoms with Crippen molar-refractivity contribution in [2.75, 3.05) is 13.1 Å². The Morgan fingerprint density at radius 1 is 1.16 bits per heavy atom. The summed E-state index contributed by atoms with van der Waals surface area (Å²) in [5.74, 6) is 1.72. The SMILES string of the molecule is N#Cc1ccc(O[C@H]2CCN(C(=O)c3cnc(C4CC4)nc3)C2)nc1. The maximum Gasteiger partial charge on any atom is 0.257 e. The quantitative estimate of drug-likeness (QED) is 0.847. The number of hydrogen-bond acceptors (Lipinski definition) is 6. The lowest BCUT2D eigenvalue weighted by Gasteiger charge is -2.16. The van der Waals surface area contributed by atoms with Crippen molar-refractivity contribution in [3.63, 3.8) is 0 Å². The maximum atomic E-state index is 12.6. The summed E-state index contributed by atoms with van der Waals surface area (Å²) in [7, 11) is 0. The molecule has 2 fully saturated rings. The number of aromatic nitrogens is 3. The zero-order valence-electron chi connectivity index (χ0n) is 13.6. The molecular weight excluding hydrogens is 318 g/mol. The Morgan fingerprint density at radius 2 is 1.96 bits per heavy atom. The molecule has 0 bridgehead atoms. The van der Waals surface area contributed by atoms with Crippen LogP contribution in [-0.4, -0.2) is 45.0 Å². The molecule has 126 valence electrons. The highest BCUT2D eigenvalue weighted by Gasteiger charge is 2.30. The van der Waals surface area contributed by atoms with Crippen molar-refractivity contribution in [2.24, 2.45) is 0 Å². The molecule has 0 spiro atoms. The van der Waals surface area contributed by atoms with Gasteiger partial charge in [0.2, 0.25) is 5.88 Å². The Balaban J connectivity index is 1.36. The summed E-state index contributed by atoms with van der Waals surface area (Å²) in [5.41, 5.74) is 1.01. The summed E-state index contributed by atoms with van der Waals surface area (Å²) in [6.45, 7) is 1.13. The molecule has 0 aromatic carbocycles. The molecule has 2 aromatic rings. The van der Waals surface area contributed by atoms with Crippen LogP contribution in [0.25, 0.3) is 0 Å². The van der Waals surface area contributed by atoms with E-state index in [-0.39, 0.29) is 12.0 Å². The minimum absolute atomic E-state index is 0.0683. The highest BCUT2D eigenvalue weighted by molar-refractivity contribution is 5.93. The van der Waals surface area contributed by atoms with Crippen LogP contribution in [0, 0.1) is 11.3 Å². The van der Waals surface area contributed by atoms with Gasteiger partial charge in [-0.3, -0.25) is 4.79 Å². The molecule has 2 aromatic heterocycles. The van der Waals surface area contributed by atoms with Crippen LogP contribution in [0.15, 0.2) is 30.7 Å². The highest BCUT2D eigenvalue weighted by Crippen LogP contribution is 2.37. The van der Waals surface area contributed by atoms with Crippen molar-refractivity contribution < 1.29 is 9.53 Å². The Bertz CT molecular complexity index is 809. The fourth-order valence-corrected chi connectivity index (χ4v) is 2.88. The lowest BCUT2D eigenvalue weighted by molar-refractivity contribution is 0.0770. The molecule has 0 unspecified atom stereocenters. The Labute approximate surface area is 145 Å². The van der Waals surface area contributed by atoms with E-state index >= 15 is 0 Å². The van der Waals surface area contributed by atoms with Crippen molar-refractivity contribution >= 4 is 5.91 Å². The van der Waals surface area contributed by atoms with Crippen LogP contribution in [0.2, 0.25) is 0 Å². The van der Waals surface area contributed by atoms with Crippen LogP contribution >= 0.6 is 0 Å². The highest BCUT2D eigenvalue weighted by atomic mass is 16.5. The van der Waals surface area contributed by atoms with E-state index in [9.17, 15) is 4.79 Å². The number of rotatable bonds is 4. The van der Waals surface area contributed by atoms with Crippen LogP contribution in [0.5, 0.6) is 5.88 Å². The molecule has 7 nitrogen and oxygen atoms in total. The molecule has 1 atom stereocenters. The van der Waals surface area contributed by atoms with Gasteiger partial charge < -0.3 is 9.64 Å². The minimum Gasteiger partial charge on any atom is -0.472 e. The minimum atomic E-state index is -0.101. The number of carbonyl (C=O) groups excluding carboxylic acids is 1. The van der Waals surface area contributed by atoms with Gasteiger partial charge in [-0.25, -0.2) is 15.0 Å². The third kappa shape index (κ3) is 3.43. The third-order valence-electron chi connectivity index (χ3n) is 4.45. The zero-order chi connectivity index (χ0) is 17.2. The molecule has 25 heavy (non-hydrogen) atoms. The molecule has 0 radical (unpaired) electrons. The topological polar surface area (TPSA) is 92.0 Å². The summed E-state index contributed by atoms with van der Waals surface area (Å²) in [4.78, 5) is 27.0. The van der Waals surface area contributed by atoms with Crippen molar-refractivity contribution in [1.29, 1.82) is 5.26 Å². The van der Waals surface area contributed by atoms with E-state index < -0.39 is 0 Å². The number of carbonyl (C=O) groups is 1. The van der Waals surface area contributed by atoms with Crippen molar-refractivity contribution in [3.8, 4) is 11.9 Å². The Kier molecular flexibility index (Phi) is 4.02. The lowest BCUT2D eigenvalue weighted by atomic mass is 10.3. The Morgan fingerprint density at radius 3 is 2.60 bits per heavy atom. The summed E-state index contributed by atoms with van der Waals surface area (Å²) in [6.07, 6.45) is 7.65. The summed E-state index contributed by atoms with van der Waals surface area (Å²) in [6, 6.07) is 5.36. The molecule has 7 heteroatoms. The molecule has 2 aliphatic rings. The summed E-state index contributed by atoms with van der Waals surface area (Å²) < 4.78 is 5.80. The molecule has 1 amide bonds. The van der Waals surface area contributed by atoms with E-state index in [1.54, 1.807) is 29.4 Å². The Hall–Kier alpha value is -3.01. The predicted molar refractivity (Wildman–Crippen MR) is 87.9 cm³/mol. The van der Waals surface area contributed by atoms with E-state index in [2.05, 4.69) is 15.0 Å². The molecule has 1 aliphatic heterocycles. The molecule has 4 rings (SSSR count). The fourth-order valence-electron chi connectivity index (χ4n) is 2.88. The average Bonchev–Trinajstić information content (AvgIpc) is 3.41. The van der Waals surface area contributed by atoms with Gasteiger partial charge in [0, 0.05) is 43.5 Å². The van der Waals surface area contributed by atoms with Crippen molar-refractivity contribution in [3.05, 3.63) is 47.7 Å².